The van der Waals surface area contributed by atoms with Gasteiger partial charge in [-0.05, 0) is 12.8 Å². The Bertz CT molecular complexity index is 1600. The summed E-state index contributed by atoms with van der Waals surface area (Å²) in [5.74, 6) is -0.236. The molecule has 3 saturated heterocycles. The zero-order valence-corrected chi connectivity index (χ0v) is 55.2. The molecule has 0 bridgehead atoms. The molecule has 17 atom stereocenters. The minimum atomic E-state index is -1.97. The standard InChI is InChI=1S/C69H133NO18/c1-3-5-7-9-11-13-15-17-18-19-20-21-22-23-24-25-26-27-28-29-30-31-32-33-34-35-37-39-41-43-45-47-57(75)70-52(53(74)46-44-42-40-38-36-16-14-12-10-8-6-4-2)51-83-67-63(81)60(78)65(55(49-72)85-67)88-69-64(82)61(79)66(56(50-73)86-69)87-68-62(80)59(77)58(76)54(48-71)84-68/h52-56,58-69,71-74,76-82H,3-51H2,1-2H3,(H,70,75). The molecule has 12 N–H and O–H groups in total. The second-order valence-corrected chi connectivity index (χ2v) is 26.4. The zero-order valence-electron chi connectivity index (χ0n) is 55.2. The Morgan fingerprint density at radius 2 is 0.648 bits per heavy atom. The first-order chi connectivity index (χ1) is 42.8. The van der Waals surface area contributed by atoms with Crippen LogP contribution in [-0.4, -0.2) is 193 Å². The lowest BCUT2D eigenvalue weighted by atomic mass is 9.96. The maximum Gasteiger partial charge on any atom is 0.220 e. The highest BCUT2D eigenvalue weighted by Crippen LogP contribution is 2.33. The SMILES string of the molecule is CCCCCCCCCCCCCCCCCCCCCCCCCCCCCCCCCC(=O)NC(COC1OC(CO)C(OC2OC(CO)C(OC3OC(CO)C(O)C(O)C3O)C(O)C2O)C(O)C1O)C(O)CCCCCCCCCCCCCC. The van der Waals surface area contributed by atoms with Crippen molar-refractivity contribution in [2.75, 3.05) is 26.4 Å². The number of rotatable bonds is 57. The van der Waals surface area contributed by atoms with Gasteiger partial charge >= 0.3 is 0 Å². The highest BCUT2D eigenvalue weighted by Gasteiger charge is 2.53. The Balaban J connectivity index is 1.34. The third kappa shape index (κ3) is 33.8. The molecule has 0 aromatic carbocycles. The fraction of sp³-hybridized carbons (Fsp3) is 0.986. The molecule has 0 spiro atoms. The molecule has 3 aliphatic rings. The summed E-state index contributed by atoms with van der Waals surface area (Å²) in [4.78, 5) is 13.4. The number of amides is 1. The summed E-state index contributed by atoms with van der Waals surface area (Å²) in [5.41, 5.74) is 0. The topological polar surface area (TPSA) is 307 Å². The monoisotopic (exact) mass is 1260 g/mol. The van der Waals surface area contributed by atoms with Crippen LogP contribution in [0.1, 0.15) is 303 Å². The zero-order chi connectivity index (χ0) is 64.0. The van der Waals surface area contributed by atoms with Crippen molar-refractivity contribution >= 4 is 5.91 Å². The summed E-state index contributed by atoms with van der Waals surface area (Å²) >= 11 is 0. The van der Waals surface area contributed by atoms with Crippen LogP contribution in [0.3, 0.4) is 0 Å². The van der Waals surface area contributed by atoms with E-state index in [0.717, 1.165) is 44.9 Å². The van der Waals surface area contributed by atoms with E-state index in [1.165, 1.54) is 225 Å². The summed E-state index contributed by atoms with van der Waals surface area (Å²) in [6, 6.07) is -0.881. The average Bonchev–Trinajstić information content (AvgIpc) is 1.54. The van der Waals surface area contributed by atoms with E-state index < -0.39 is 124 Å². The molecule has 19 nitrogen and oxygen atoms in total. The van der Waals surface area contributed by atoms with Crippen LogP contribution in [0.5, 0.6) is 0 Å². The normalized spacial score (nSPS) is 28.3. The van der Waals surface area contributed by atoms with Crippen molar-refractivity contribution in [3.63, 3.8) is 0 Å². The molecule has 19 heteroatoms. The van der Waals surface area contributed by atoms with Gasteiger partial charge in [0.25, 0.3) is 0 Å². The molecular weight excluding hydrogens is 1130 g/mol. The number of unbranched alkanes of at least 4 members (excludes halogenated alkanes) is 41. The van der Waals surface area contributed by atoms with Gasteiger partial charge in [-0.25, -0.2) is 0 Å². The first-order valence-corrected chi connectivity index (χ1v) is 36.3. The number of aliphatic hydroxyl groups is 11. The summed E-state index contributed by atoms with van der Waals surface area (Å²) < 4.78 is 34.4. The van der Waals surface area contributed by atoms with E-state index >= 15 is 0 Å². The van der Waals surface area contributed by atoms with Gasteiger partial charge in [0.2, 0.25) is 5.91 Å². The first kappa shape index (κ1) is 81.0. The number of hydrogen-bond acceptors (Lipinski definition) is 18. The molecule has 3 fully saturated rings. The fourth-order valence-electron chi connectivity index (χ4n) is 12.8. The molecule has 1 amide bonds. The average molecular weight is 1260 g/mol. The second-order valence-electron chi connectivity index (χ2n) is 26.4. The lowest BCUT2D eigenvalue weighted by Crippen LogP contribution is -2.66. The van der Waals surface area contributed by atoms with Crippen molar-refractivity contribution in [1.82, 2.24) is 5.32 Å². The van der Waals surface area contributed by atoms with Gasteiger partial charge < -0.3 is 89.9 Å². The number of carbonyl (C=O) groups is 1. The molecule has 0 radical (unpaired) electrons. The summed E-state index contributed by atoms with van der Waals surface area (Å²) in [6.45, 7) is 1.83. The van der Waals surface area contributed by atoms with Gasteiger partial charge in [-0.3, -0.25) is 4.79 Å². The van der Waals surface area contributed by atoms with Crippen molar-refractivity contribution in [2.45, 2.75) is 407 Å². The molecule has 3 heterocycles. The molecular formula is C69H133NO18. The van der Waals surface area contributed by atoms with E-state index in [0.29, 0.717) is 12.8 Å². The van der Waals surface area contributed by atoms with Crippen molar-refractivity contribution in [3.8, 4) is 0 Å². The molecule has 88 heavy (non-hydrogen) atoms. The highest BCUT2D eigenvalue weighted by molar-refractivity contribution is 5.76. The summed E-state index contributed by atoms with van der Waals surface area (Å²) in [6.07, 6.45) is 29.3. The molecule has 0 aromatic heterocycles. The minimum Gasteiger partial charge on any atom is -0.394 e. The number of hydrogen-bond donors (Lipinski definition) is 12. The van der Waals surface area contributed by atoms with Crippen LogP contribution in [0, 0.1) is 0 Å². The van der Waals surface area contributed by atoms with Crippen LogP contribution in [0.15, 0.2) is 0 Å². The summed E-state index contributed by atoms with van der Waals surface area (Å²) in [5, 5.41) is 121. The van der Waals surface area contributed by atoms with E-state index in [2.05, 4.69) is 19.2 Å². The number of ether oxygens (including phenoxy) is 6. The fourth-order valence-corrected chi connectivity index (χ4v) is 12.8. The highest BCUT2D eigenvalue weighted by atomic mass is 16.8. The van der Waals surface area contributed by atoms with Crippen LogP contribution in [0.25, 0.3) is 0 Å². The predicted octanol–water partition coefficient (Wildman–Crippen LogP) is 9.89. The van der Waals surface area contributed by atoms with Gasteiger partial charge in [0.1, 0.15) is 73.2 Å². The maximum absolute atomic E-state index is 13.4. The lowest BCUT2D eigenvalue weighted by molar-refractivity contribution is -0.379. The Labute approximate surface area is 532 Å². The summed E-state index contributed by atoms with van der Waals surface area (Å²) in [7, 11) is 0. The van der Waals surface area contributed by atoms with Crippen LogP contribution in [-0.2, 0) is 33.2 Å². The molecule has 522 valence electrons. The molecule has 3 aliphatic heterocycles. The third-order valence-corrected chi connectivity index (χ3v) is 18.7. The largest absolute Gasteiger partial charge is 0.394 e. The number of nitrogens with one attached hydrogen (secondary N) is 1. The van der Waals surface area contributed by atoms with Gasteiger partial charge in [0.15, 0.2) is 18.9 Å². The lowest BCUT2D eigenvalue weighted by Gasteiger charge is -2.48. The van der Waals surface area contributed by atoms with Crippen molar-refractivity contribution in [1.29, 1.82) is 0 Å². The molecule has 0 aliphatic carbocycles. The Morgan fingerprint density at radius 1 is 0.364 bits per heavy atom. The van der Waals surface area contributed by atoms with Crippen LogP contribution in [0.4, 0.5) is 0 Å². The molecule has 0 aromatic rings. The van der Waals surface area contributed by atoms with Gasteiger partial charge in [-0.2, -0.15) is 0 Å². The van der Waals surface area contributed by atoms with Gasteiger partial charge in [0.05, 0.1) is 38.6 Å². The van der Waals surface area contributed by atoms with E-state index in [4.69, 9.17) is 28.4 Å². The minimum absolute atomic E-state index is 0.236. The Hall–Kier alpha value is -1.21. The third-order valence-electron chi connectivity index (χ3n) is 18.7. The van der Waals surface area contributed by atoms with Gasteiger partial charge in [-0.15, -0.1) is 0 Å². The van der Waals surface area contributed by atoms with E-state index in [1.807, 2.05) is 0 Å². The predicted molar refractivity (Wildman–Crippen MR) is 342 cm³/mol. The Morgan fingerprint density at radius 3 is 0.989 bits per heavy atom. The van der Waals surface area contributed by atoms with Gasteiger partial charge in [0, 0.05) is 6.42 Å². The maximum atomic E-state index is 13.4. The van der Waals surface area contributed by atoms with E-state index in [1.54, 1.807) is 0 Å². The van der Waals surface area contributed by atoms with Gasteiger partial charge in [-0.1, -0.05) is 284 Å². The number of aliphatic hydroxyl groups excluding tert-OH is 11. The van der Waals surface area contributed by atoms with Crippen molar-refractivity contribution in [3.05, 3.63) is 0 Å². The van der Waals surface area contributed by atoms with Crippen LogP contribution >= 0.6 is 0 Å². The molecule has 3 rings (SSSR count). The second kappa shape index (κ2) is 52.1. The van der Waals surface area contributed by atoms with E-state index in [-0.39, 0.29) is 18.9 Å². The molecule has 0 saturated carbocycles. The quantitative estimate of drug-likeness (QED) is 0.0252. The van der Waals surface area contributed by atoms with Crippen LogP contribution in [0.2, 0.25) is 0 Å². The molecule has 17 unspecified atom stereocenters. The first-order valence-electron chi connectivity index (χ1n) is 36.3. The van der Waals surface area contributed by atoms with Crippen molar-refractivity contribution in [2.24, 2.45) is 0 Å². The number of carbonyl (C=O) groups excluding carboxylic acids is 1. The Kier molecular flexibility index (Phi) is 48.0. The smallest absolute Gasteiger partial charge is 0.220 e. The van der Waals surface area contributed by atoms with E-state index in [9.17, 15) is 61.0 Å². The van der Waals surface area contributed by atoms with Crippen molar-refractivity contribution < 1.29 is 89.4 Å². The van der Waals surface area contributed by atoms with Crippen LogP contribution < -0.4 is 5.32 Å².